The molecule has 0 bridgehead atoms. The number of thiophene rings is 1. The number of aromatic nitrogens is 2. The summed E-state index contributed by atoms with van der Waals surface area (Å²) >= 11 is 1.50. The summed E-state index contributed by atoms with van der Waals surface area (Å²) in [5.74, 6) is 1.89. The number of ether oxygens (including phenoxy) is 2. The van der Waals surface area contributed by atoms with Crippen molar-refractivity contribution in [2.24, 2.45) is 0 Å². The first-order valence-electron chi connectivity index (χ1n) is 6.00. The summed E-state index contributed by atoms with van der Waals surface area (Å²) in [4.78, 5) is 9.14. The summed E-state index contributed by atoms with van der Waals surface area (Å²) in [7, 11) is 1.61. The van der Waals surface area contributed by atoms with Crippen LogP contribution in [0, 0.1) is 6.92 Å². The molecule has 3 aromatic rings. The molecule has 102 valence electrons. The van der Waals surface area contributed by atoms with Crippen LogP contribution in [0.5, 0.6) is 17.4 Å². The maximum Gasteiger partial charge on any atom is 0.233 e. The molecule has 5 nitrogen and oxygen atoms in total. The van der Waals surface area contributed by atoms with Crippen molar-refractivity contribution in [1.82, 2.24) is 9.97 Å². The smallest absolute Gasteiger partial charge is 0.233 e. The van der Waals surface area contributed by atoms with E-state index < -0.39 is 0 Å². The van der Waals surface area contributed by atoms with E-state index in [0.717, 1.165) is 15.8 Å². The molecular weight excluding hydrogens is 274 g/mol. The Labute approximate surface area is 120 Å². The molecule has 6 heteroatoms. The average molecular weight is 287 g/mol. The van der Waals surface area contributed by atoms with Crippen molar-refractivity contribution in [3.8, 4) is 17.4 Å². The average Bonchev–Trinajstić information content (AvgIpc) is 2.88. The Morgan fingerprint density at radius 2 is 2.00 bits per heavy atom. The van der Waals surface area contributed by atoms with E-state index in [1.165, 1.54) is 11.3 Å². The minimum atomic E-state index is 0.195. The van der Waals surface area contributed by atoms with Gasteiger partial charge >= 0.3 is 0 Å². The summed E-state index contributed by atoms with van der Waals surface area (Å²) in [6, 6.07) is 7.62. The van der Waals surface area contributed by atoms with Gasteiger partial charge in [-0.3, -0.25) is 0 Å². The van der Waals surface area contributed by atoms with E-state index in [4.69, 9.17) is 15.2 Å². The van der Waals surface area contributed by atoms with E-state index >= 15 is 0 Å². The van der Waals surface area contributed by atoms with Gasteiger partial charge in [-0.05, 0) is 36.1 Å². The van der Waals surface area contributed by atoms with Crippen molar-refractivity contribution in [3.05, 3.63) is 35.2 Å². The lowest BCUT2D eigenvalue weighted by atomic mass is 10.2. The van der Waals surface area contributed by atoms with Crippen LogP contribution in [0.1, 0.15) is 5.56 Å². The Balaban J connectivity index is 2.07. The summed E-state index contributed by atoms with van der Waals surface area (Å²) in [6.45, 7) is 1.99. The van der Waals surface area contributed by atoms with Crippen molar-refractivity contribution in [2.75, 3.05) is 12.8 Å². The molecule has 0 aliphatic rings. The third-order valence-electron chi connectivity index (χ3n) is 2.83. The fourth-order valence-corrected chi connectivity index (χ4v) is 2.65. The van der Waals surface area contributed by atoms with Crippen LogP contribution in [0.15, 0.2) is 29.6 Å². The Bertz CT molecular complexity index is 770. The number of fused-ring (bicyclic) bond motifs is 1. The number of hydrogen-bond acceptors (Lipinski definition) is 6. The number of nitrogens with two attached hydrogens (primary N) is 1. The van der Waals surface area contributed by atoms with Gasteiger partial charge in [-0.25, -0.2) is 4.98 Å². The summed E-state index contributed by atoms with van der Waals surface area (Å²) < 4.78 is 11.2. The van der Waals surface area contributed by atoms with E-state index in [2.05, 4.69) is 9.97 Å². The minimum absolute atomic E-state index is 0.195. The molecule has 0 saturated heterocycles. The molecule has 3 rings (SSSR count). The molecule has 2 aromatic heterocycles. The van der Waals surface area contributed by atoms with Gasteiger partial charge < -0.3 is 15.2 Å². The number of aryl methyl sites for hydroxylation is 1. The quantitative estimate of drug-likeness (QED) is 0.799. The highest BCUT2D eigenvalue weighted by atomic mass is 32.1. The van der Waals surface area contributed by atoms with Crippen molar-refractivity contribution < 1.29 is 9.47 Å². The van der Waals surface area contributed by atoms with Gasteiger partial charge in [-0.1, -0.05) is 6.07 Å². The Morgan fingerprint density at radius 3 is 2.80 bits per heavy atom. The van der Waals surface area contributed by atoms with Gasteiger partial charge in [0.15, 0.2) is 11.5 Å². The molecule has 0 saturated carbocycles. The summed E-state index contributed by atoms with van der Waals surface area (Å²) in [6.07, 6.45) is 0. The van der Waals surface area contributed by atoms with Crippen LogP contribution in [-0.2, 0) is 0 Å². The molecule has 0 spiro atoms. The number of rotatable bonds is 3. The number of nitrogens with zero attached hydrogens (tertiary/aromatic N) is 2. The second-order valence-corrected chi connectivity index (χ2v) is 5.18. The molecule has 0 aliphatic carbocycles. The molecule has 0 atom stereocenters. The number of methoxy groups -OCH3 is 1. The van der Waals surface area contributed by atoms with Crippen LogP contribution < -0.4 is 15.2 Å². The zero-order chi connectivity index (χ0) is 14.1. The summed E-state index contributed by atoms with van der Waals surface area (Å²) in [5.41, 5.74) is 6.80. The maximum atomic E-state index is 5.86. The molecule has 0 aliphatic heterocycles. The number of hydrogen-bond donors (Lipinski definition) is 1. The lowest BCUT2D eigenvalue weighted by Crippen LogP contribution is -1.98. The Hall–Kier alpha value is -2.34. The third-order valence-corrected chi connectivity index (χ3v) is 3.64. The topological polar surface area (TPSA) is 70.3 Å². The fourth-order valence-electron chi connectivity index (χ4n) is 1.89. The van der Waals surface area contributed by atoms with Gasteiger partial charge in [0.25, 0.3) is 0 Å². The van der Waals surface area contributed by atoms with Crippen molar-refractivity contribution in [2.45, 2.75) is 6.92 Å². The van der Waals surface area contributed by atoms with Crippen molar-refractivity contribution in [1.29, 1.82) is 0 Å². The Morgan fingerprint density at radius 1 is 1.15 bits per heavy atom. The van der Waals surface area contributed by atoms with Crippen LogP contribution in [0.25, 0.3) is 10.2 Å². The van der Waals surface area contributed by atoms with Crippen LogP contribution in [0.4, 0.5) is 5.95 Å². The third kappa shape index (κ3) is 2.25. The standard InChI is InChI=1S/C14H13N3O2S/c1-8-3-4-10(11(7-8)18-2)19-12-9-5-6-20-13(9)17-14(15)16-12/h3-7H,1-2H3,(H2,15,16,17). The van der Waals surface area contributed by atoms with E-state index in [1.807, 2.05) is 36.6 Å². The molecule has 0 fully saturated rings. The van der Waals surface area contributed by atoms with Crippen LogP contribution >= 0.6 is 11.3 Å². The molecule has 0 radical (unpaired) electrons. The van der Waals surface area contributed by atoms with Gasteiger partial charge in [-0.15, -0.1) is 11.3 Å². The first-order chi connectivity index (χ1) is 9.67. The second-order valence-electron chi connectivity index (χ2n) is 4.28. The zero-order valence-electron chi connectivity index (χ0n) is 11.1. The molecular formula is C14H13N3O2S. The predicted molar refractivity (Wildman–Crippen MR) is 79.6 cm³/mol. The zero-order valence-corrected chi connectivity index (χ0v) is 11.9. The SMILES string of the molecule is COc1cc(C)ccc1Oc1nc(N)nc2sccc12. The van der Waals surface area contributed by atoms with Gasteiger partial charge in [0.1, 0.15) is 4.83 Å². The van der Waals surface area contributed by atoms with Gasteiger partial charge in [0, 0.05) is 0 Å². The van der Waals surface area contributed by atoms with Crippen molar-refractivity contribution >= 4 is 27.5 Å². The van der Waals surface area contributed by atoms with Crippen LogP contribution in [0.3, 0.4) is 0 Å². The number of anilines is 1. The minimum Gasteiger partial charge on any atom is -0.493 e. The second kappa shape index (κ2) is 4.97. The first-order valence-corrected chi connectivity index (χ1v) is 6.88. The van der Waals surface area contributed by atoms with Crippen LogP contribution in [-0.4, -0.2) is 17.1 Å². The molecule has 20 heavy (non-hydrogen) atoms. The molecule has 2 N–H and O–H groups in total. The molecule has 1 aromatic carbocycles. The highest BCUT2D eigenvalue weighted by Gasteiger charge is 2.12. The predicted octanol–water partition coefficient (Wildman–Crippen LogP) is 3.38. The van der Waals surface area contributed by atoms with E-state index in [-0.39, 0.29) is 5.95 Å². The first kappa shape index (κ1) is 12.7. The normalized spacial score (nSPS) is 10.7. The van der Waals surface area contributed by atoms with Gasteiger partial charge in [-0.2, -0.15) is 4.98 Å². The summed E-state index contributed by atoms with van der Waals surface area (Å²) in [5, 5.41) is 2.77. The monoisotopic (exact) mass is 287 g/mol. The van der Waals surface area contributed by atoms with E-state index in [9.17, 15) is 0 Å². The lowest BCUT2D eigenvalue weighted by molar-refractivity contribution is 0.375. The molecule has 0 unspecified atom stereocenters. The van der Waals surface area contributed by atoms with E-state index in [1.54, 1.807) is 7.11 Å². The van der Waals surface area contributed by atoms with Gasteiger partial charge in [0.2, 0.25) is 11.8 Å². The molecule has 0 amide bonds. The Kier molecular flexibility index (Phi) is 3.15. The van der Waals surface area contributed by atoms with Crippen LogP contribution in [0.2, 0.25) is 0 Å². The maximum absolute atomic E-state index is 5.86. The number of benzene rings is 1. The lowest BCUT2D eigenvalue weighted by Gasteiger charge is -2.11. The molecule has 2 heterocycles. The fraction of sp³-hybridized carbons (Fsp3) is 0.143. The van der Waals surface area contributed by atoms with Crippen molar-refractivity contribution in [3.63, 3.8) is 0 Å². The number of nitrogen functional groups attached to an aromatic ring is 1. The highest BCUT2D eigenvalue weighted by molar-refractivity contribution is 7.16. The largest absolute Gasteiger partial charge is 0.493 e. The van der Waals surface area contributed by atoms with E-state index in [0.29, 0.717) is 17.4 Å². The highest BCUT2D eigenvalue weighted by Crippen LogP contribution is 2.35. The van der Waals surface area contributed by atoms with Gasteiger partial charge in [0.05, 0.1) is 12.5 Å².